The van der Waals surface area contributed by atoms with E-state index < -0.39 is 53.3 Å². The molecule has 13 nitrogen and oxygen atoms in total. The Kier molecular flexibility index (Phi) is 8.24. The summed E-state index contributed by atoms with van der Waals surface area (Å²) in [5, 5.41) is 28.6. The Bertz CT molecular complexity index is 2020. The Morgan fingerprint density at radius 3 is 2.59 bits per heavy atom. The maximum absolute atomic E-state index is 13.8. The molecule has 0 aliphatic carbocycles. The number of esters is 2. The molecule has 9 rings (SSSR count). The summed E-state index contributed by atoms with van der Waals surface area (Å²) >= 11 is 1.37. The van der Waals surface area contributed by atoms with E-state index in [-0.39, 0.29) is 30.9 Å². The predicted octanol–water partition coefficient (Wildman–Crippen LogP) is 3.69. The first-order chi connectivity index (χ1) is 24.6. The van der Waals surface area contributed by atoms with Crippen LogP contribution in [0.25, 0.3) is 0 Å². The van der Waals surface area contributed by atoms with E-state index in [1.807, 2.05) is 13.0 Å². The zero-order chi connectivity index (χ0) is 35.7. The smallest absolute Gasteiger partial charge is 0.329 e. The molecule has 0 saturated carbocycles. The van der Waals surface area contributed by atoms with E-state index in [9.17, 15) is 24.8 Å². The molecule has 6 aliphatic rings. The maximum Gasteiger partial charge on any atom is 0.329 e. The van der Waals surface area contributed by atoms with E-state index in [0.29, 0.717) is 57.2 Å². The second-order valence-corrected chi connectivity index (χ2v) is 14.5. The first kappa shape index (κ1) is 33.2. The van der Waals surface area contributed by atoms with Gasteiger partial charge in [-0.2, -0.15) is 5.26 Å². The molecule has 264 valence electrons. The van der Waals surface area contributed by atoms with Gasteiger partial charge in [-0.15, -0.1) is 11.8 Å². The molecule has 3 aromatic rings. The molecule has 7 atom stereocenters. The average Bonchev–Trinajstić information content (AvgIpc) is 3.61. The van der Waals surface area contributed by atoms with Gasteiger partial charge in [0.1, 0.15) is 24.4 Å². The van der Waals surface area contributed by atoms with Crippen LogP contribution < -0.4 is 29.6 Å². The number of phenolic OH excluding ortho intramolecular Hbond substituents is 1. The van der Waals surface area contributed by atoms with E-state index >= 15 is 0 Å². The second kappa shape index (κ2) is 12.7. The molecule has 0 radical (unpaired) electrons. The molecule has 3 aromatic carbocycles. The second-order valence-electron chi connectivity index (χ2n) is 13.3. The number of hydrogen-bond acceptors (Lipinski definition) is 13. The minimum absolute atomic E-state index is 0.0125. The number of aryl methyl sites for hydroxylation is 1. The van der Waals surface area contributed by atoms with Crippen LogP contribution in [0.5, 0.6) is 28.7 Å². The lowest BCUT2D eigenvalue weighted by Crippen LogP contribution is -2.69. The number of ether oxygens (including phenoxy) is 5. The average molecular weight is 713 g/mol. The molecule has 0 aromatic heterocycles. The van der Waals surface area contributed by atoms with Crippen LogP contribution in [0, 0.1) is 25.2 Å². The minimum atomic E-state index is -1.03. The highest BCUT2D eigenvalue weighted by atomic mass is 32.2. The van der Waals surface area contributed by atoms with Gasteiger partial charge in [0, 0.05) is 52.6 Å². The van der Waals surface area contributed by atoms with Crippen LogP contribution in [0.3, 0.4) is 0 Å². The van der Waals surface area contributed by atoms with Gasteiger partial charge in [0.25, 0.3) is 5.91 Å². The summed E-state index contributed by atoms with van der Waals surface area (Å²) in [6, 6.07) is 9.24. The zero-order valence-electron chi connectivity index (χ0n) is 28.3. The SMILES string of the molecule is COc1c(C)cc2c(c1O)[C@H]1N[C@@H](C2)[C@H](C#N)N2C1[C@@H]1SC[C@H](NC(=O)c3ccccc3)C(=O)OC[C@H]2c2c3c(c(C)c(OC(C)=O)c21)OCO3. The van der Waals surface area contributed by atoms with Crippen LogP contribution in [0.4, 0.5) is 0 Å². The third-order valence-corrected chi connectivity index (χ3v) is 11.9. The van der Waals surface area contributed by atoms with Crippen molar-refractivity contribution < 1.29 is 43.2 Å². The van der Waals surface area contributed by atoms with Crippen LogP contribution in [0.2, 0.25) is 0 Å². The summed E-state index contributed by atoms with van der Waals surface area (Å²) in [5.74, 6) is 0.0289. The topological polar surface area (TPSA) is 169 Å². The van der Waals surface area contributed by atoms with Gasteiger partial charge in [-0.3, -0.25) is 14.5 Å². The van der Waals surface area contributed by atoms with Crippen molar-refractivity contribution in [1.82, 2.24) is 15.5 Å². The van der Waals surface area contributed by atoms with Crippen LogP contribution >= 0.6 is 11.8 Å². The van der Waals surface area contributed by atoms with E-state index in [1.165, 1.54) is 25.8 Å². The maximum atomic E-state index is 13.8. The number of amides is 1. The number of rotatable bonds is 4. The van der Waals surface area contributed by atoms with Gasteiger partial charge in [0.15, 0.2) is 23.0 Å². The largest absolute Gasteiger partial charge is 0.504 e. The molecule has 6 heterocycles. The molecular weight excluding hydrogens is 676 g/mol. The standard InChI is InChI=1S/C37H36N4O9S/c1-16-10-20-11-21-23(12-38)41-24-13-47-37(45)22(40-36(44)19-8-6-5-7-9-19)14-51-35(29(41)28(39-21)25(20)30(43)31(16)46-4)27-26(24)34-33(48-15-49-34)17(2)32(27)50-18(3)42/h5-10,21-24,28-29,35,39,43H,11,13-15H2,1-4H3,(H,40,44)/t21-,22-,23-,24-,28+,29?,35+/m0/s1. The number of nitriles is 1. The molecule has 14 heteroatoms. The number of nitrogens with zero attached hydrogens (tertiary/aromatic N) is 2. The molecule has 1 unspecified atom stereocenters. The van der Waals surface area contributed by atoms with Crippen LogP contribution in [-0.2, 0) is 20.7 Å². The first-order valence-electron chi connectivity index (χ1n) is 16.7. The number of phenols is 1. The fourth-order valence-corrected chi connectivity index (χ4v) is 10.0. The van der Waals surface area contributed by atoms with Gasteiger partial charge in [-0.05, 0) is 43.5 Å². The minimum Gasteiger partial charge on any atom is -0.504 e. The van der Waals surface area contributed by atoms with E-state index in [1.54, 1.807) is 37.3 Å². The number of nitrogens with one attached hydrogen (secondary N) is 2. The number of carbonyl (C=O) groups is 3. The summed E-state index contributed by atoms with van der Waals surface area (Å²) in [6.07, 6.45) is 0.459. The van der Waals surface area contributed by atoms with Gasteiger partial charge in [0.05, 0.1) is 30.5 Å². The summed E-state index contributed by atoms with van der Waals surface area (Å²) < 4.78 is 29.8. The van der Waals surface area contributed by atoms with E-state index in [2.05, 4.69) is 21.6 Å². The van der Waals surface area contributed by atoms with Crippen molar-refractivity contribution >= 4 is 29.6 Å². The summed E-state index contributed by atoms with van der Waals surface area (Å²) in [4.78, 5) is 41.9. The van der Waals surface area contributed by atoms with Crippen molar-refractivity contribution in [1.29, 1.82) is 5.26 Å². The molecule has 6 aliphatic heterocycles. The summed E-state index contributed by atoms with van der Waals surface area (Å²) in [5.41, 5.74) is 4.56. The molecule has 2 fully saturated rings. The molecule has 2 saturated heterocycles. The number of piperazine rings is 1. The molecule has 3 N–H and O–H groups in total. The van der Waals surface area contributed by atoms with Crippen LogP contribution in [-0.4, -0.2) is 78.3 Å². The van der Waals surface area contributed by atoms with Gasteiger partial charge in [-0.1, -0.05) is 24.3 Å². The lowest BCUT2D eigenvalue weighted by molar-refractivity contribution is -0.149. The van der Waals surface area contributed by atoms with Gasteiger partial charge in [-0.25, -0.2) is 4.79 Å². The summed E-state index contributed by atoms with van der Waals surface area (Å²) in [6.45, 7) is 4.73. The number of aromatic hydroxyl groups is 1. The van der Waals surface area contributed by atoms with Crippen LogP contribution in [0.1, 0.15) is 68.0 Å². The highest BCUT2D eigenvalue weighted by molar-refractivity contribution is 7.99. The highest BCUT2D eigenvalue weighted by Gasteiger charge is 2.59. The van der Waals surface area contributed by atoms with Crippen molar-refractivity contribution in [3.63, 3.8) is 0 Å². The number of carbonyl (C=O) groups excluding carboxylic acids is 3. The third kappa shape index (κ3) is 5.17. The Labute approximate surface area is 298 Å². The monoisotopic (exact) mass is 712 g/mol. The highest BCUT2D eigenvalue weighted by Crippen LogP contribution is 2.62. The molecule has 0 spiro atoms. The van der Waals surface area contributed by atoms with Crippen molar-refractivity contribution in [2.24, 2.45) is 0 Å². The Hall–Kier alpha value is -4.97. The van der Waals surface area contributed by atoms with Crippen molar-refractivity contribution in [3.8, 4) is 34.8 Å². The van der Waals surface area contributed by atoms with Gasteiger partial charge >= 0.3 is 11.9 Å². The number of fused-ring (bicyclic) bond motifs is 10. The Morgan fingerprint density at radius 1 is 1.10 bits per heavy atom. The van der Waals surface area contributed by atoms with Crippen molar-refractivity contribution in [2.75, 3.05) is 26.3 Å². The van der Waals surface area contributed by atoms with Crippen molar-refractivity contribution in [2.45, 2.75) is 68.7 Å². The normalized spacial score (nSPS) is 27.2. The van der Waals surface area contributed by atoms with Gasteiger partial charge < -0.3 is 39.4 Å². The quantitative estimate of drug-likeness (QED) is 0.265. The first-order valence-corrected chi connectivity index (χ1v) is 17.8. The molecule has 1 amide bonds. The number of hydrogen-bond donors (Lipinski definition) is 3. The Morgan fingerprint density at radius 2 is 1.86 bits per heavy atom. The number of methoxy groups -OCH3 is 1. The molecule has 51 heavy (non-hydrogen) atoms. The Balaban J connectivity index is 1.34. The molecular formula is C37H36N4O9S. The number of thioether (sulfide) groups is 1. The summed E-state index contributed by atoms with van der Waals surface area (Å²) in [7, 11) is 1.51. The fraction of sp³-hybridized carbons (Fsp3) is 0.405. The lowest BCUT2D eigenvalue weighted by Gasteiger charge is -2.59. The third-order valence-electron chi connectivity index (χ3n) is 10.5. The predicted molar refractivity (Wildman–Crippen MR) is 183 cm³/mol. The lowest BCUT2D eigenvalue weighted by atomic mass is 9.72. The van der Waals surface area contributed by atoms with Crippen molar-refractivity contribution in [3.05, 3.63) is 75.3 Å². The fourth-order valence-electron chi connectivity index (χ4n) is 8.50. The van der Waals surface area contributed by atoms with E-state index in [4.69, 9.17) is 23.7 Å². The molecule has 4 bridgehead atoms. The van der Waals surface area contributed by atoms with Crippen LogP contribution in [0.15, 0.2) is 36.4 Å². The number of benzene rings is 3. The zero-order valence-corrected chi connectivity index (χ0v) is 29.2. The van der Waals surface area contributed by atoms with E-state index in [0.717, 1.165) is 11.1 Å². The van der Waals surface area contributed by atoms with Gasteiger partial charge in [0.2, 0.25) is 6.79 Å².